The molecule has 1 aliphatic rings. The molecule has 86 valence electrons. The highest BCUT2D eigenvalue weighted by molar-refractivity contribution is 7.99. The van der Waals surface area contributed by atoms with E-state index in [0.717, 1.165) is 5.75 Å². The lowest BCUT2D eigenvalue weighted by Crippen LogP contribution is -2.50. The summed E-state index contributed by atoms with van der Waals surface area (Å²) in [6.45, 7) is 4.49. The number of amides is 1. The molecular weight excluding hydrogens is 214 g/mol. The summed E-state index contributed by atoms with van der Waals surface area (Å²) in [6, 6.07) is -0.630. The van der Waals surface area contributed by atoms with Gasteiger partial charge < -0.3 is 10.0 Å². The number of carbonyl (C=O) groups excluding carboxylic acids is 1. The quantitative estimate of drug-likeness (QED) is 0.789. The number of hydrogen-bond donors (Lipinski definition) is 1. The van der Waals surface area contributed by atoms with E-state index < -0.39 is 12.0 Å². The molecule has 1 unspecified atom stereocenters. The van der Waals surface area contributed by atoms with Gasteiger partial charge >= 0.3 is 5.97 Å². The summed E-state index contributed by atoms with van der Waals surface area (Å²) in [5, 5.41) is 8.98. The van der Waals surface area contributed by atoms with Crippen molar-refractivity contribution in [3.05, 3.63) is 0 Å². The van der Waals surface area contributed by atoms with Gasteiger partial charge in [0, 0.05) is 24.5 Å². The highest BCUT2D eigenvalue weighted by atomic mass is 32.2. The Morgan fingerprint density at radius 3 is 2.73 bits per heavy atom. The van der Waals surface area contributed by atoms with E-state index >= 15 is 0 Å². The normalized spacial score (nSPS) is 21.8. The van der Waals surface area contributed by atoms with Gasteiger partial charge in [0.1, 0.15) is 6.04 Å². The minimum atomic E-state index is -0.890. The Hall–Kier alpha value is -0.710. The Labute approximate surface area is 94.0 Å². The van der Waals surface area contributed by atoms with E-state index in [1.54, 1.807) is 11.8 Å². The van der Waals surface area contributed by atoms with Crippen LogP contribution >= 0.6 is 11.8 Å². The second-order valence-electron chi connectivity index (χ2n) is 4.11. The first-order chi connectivity index (χ1) is 7.02. The summed E-state index contributed by atoms with van der Waals surface area (Å²) in [4.78, 5) is 24.2. The van der Waals surface area contributed by atoms with Gasteiger partial charge in [-0.15, -0.1) is 0 Å². The van der Waals surface area contributed by atoms with Gasteiger partial charge in [-0.05, 0) is 5.92 Å². The van der Waals surface area contributed by atoms with Crippen LogP contribution in [0.1, 0.15) is 20.3 Å². The molecule has 0 bridgehead atoms. The third kappa shape index (κ3) is 3.41. The largest absolute Gasteiger partial charge is 0.480 e. The van der Waals surface area contributed by atoms with Crippen LogP contribution in [-0.4, -0.2) is 46.0 Å². The van der Waals surface area contributed by atoms with Crippen LogP contribution in [-0.2, 0) is 9.59 Å². The van der Waals surface area contributed by atoms with Crippen LogP contribution in [0.15, 0.2) is 0 Å². The van der Waals surface area contributed by atoms with Gasteiger partial charge in [-0.1, -0.05) is 13.8 Å². The van der Waals surface area contributed by atoms with Crippen LogP contribution in [0.5, 0.6) is 0 Å². The zero-order valence-corrected chi connectivity index (χ0v) is 9.92. The number of aliphatic carboxylic acids is 1. The Balaban J connectivity index is 2.63. The number of carbonyl (C=O) groups is 2. The van der Waals surface area contributed by atoms with Crippen LogP contribution in [0.4, 0.5) is 0 Å². The van der Waals surface area contributed by atoms with Gasteiger partial charge in [-0.3, -0.25) is 4.79 Å². The molecule has 0 aliphatic carbocycles. The maximum atomic E-state index is 11.8. The second kappa shape index (κ2) is 5.39. The first-order valence-corrected chi connectivity index (χ1v) is 6.28. The van der Waals surface area contributed by atoms with Crippen molar-refractivity contribution < 1.29 is 14.7 Å². The van der Waals surface area contributed by atoms with Gasteiger partial charge in [-0.2, -0.15) is 11.8 Å². The minimum absolute atomic E-state index is 0.0299. The molecule has 15 heavy (non-hydrogen) atoms. The molecule has 0 aromatic heterocycles. The van der Waals surface area contributed by atoms with Crippen LogP contribution in [0.3, 0.4) is 0 Å². The molecule has 1 atom stereocenters. The molecule has 1 aliphatic heterocycles. The summed E-state index contributed by atoms with van der Waals surface area (Å²) in [5.74, 6) is 0.714. The van der Waals surface area contributed by atoms with Crippen molar-refractivity contribution in [2.75, 3.05) is 18.1 Å². The Morgan fingerprint density at radius 1 is 1.53 bits per heavy atom. The van der Waals surface area contributed by atoms with E-state index in [1.807, 2.05) is 13.8 Å². The fourth-order valence-electron chi connectivity index (χ4n) is 1.57. The summed E-state index contributed by atoms with van der Waals surface area (Å²) < 4.78 is 0. The Bertz CT molecular complexity index is 255. The van der Waals surface area contributed by atoms with E-state index in [9.17, 15) is 9.59 Å². The molecule has 1 rings (SSSR count). The molecule has 0 aromatic rings. The zero-order valence-electron chi connectivity index (χ0n) is 9.10. The molecular formula is C10H17NO3S. The summed E-state index contributed by atoms with van der Waals surface area (Å²) >= 11 is 1.60. The van der Waals surface area contributed by atoms with E-state index in [0.29, 0.717) is 18.7 Å². The fraction of sp³-hybridized carbons (Fsp3) is 0.800. The second-order valence-corrected chi connectivity index (χ2v) is 5.26. The SMILES string of the molecule is CC(C)CC(=O)N1CCSCC1C(=O)O. The highest BCUT2D eigenvalue weighted by Gasteiger charge is 2.32. The van der Waals surface area contributed by atoms with Crippen molar-refractivity contribution >= 4 is 23.6 Å². The molecule has 0 spiro atoms. The van der Waals surface area contributed by atoms with Gasteiger partial charge in [0.2, 0.25) is 5.91 Å². The molecule has 1 heterocycles. The number of nitrogens with zero attached hydrogens (tertiary/aromatic N) is 1. The average molecular weight is 231 g/mol. The Kier molecular flexibility index (Phi) is 4.45. The predicted molar refractivity (Wildman–Crippen MR) is 59.9 cm³/mol. The van der Waals surface area contributed by atoms with E-state index in [4.69, 9.17) is 5.11 Å². The number of carboxylic acids is 1. The van der Waals surface area contributed by atoms with E-state index in [2.05, 4.69) is 0 Å². The van der Waals surface area contributed by atoms with Crippen molar-refractivity contribution in [2.45, 2.75) is 26.3 Å². The first-order valence-electron chi connectivity index (χ1n) is 5.12. The smallest absolute Gasteiger partial charge is 0.327 e. The molecule has 1 fully saturated rings. The van der Waals surface area contributed by atoms with Crippen molar-refractivity contribution in [3.63, 3.8) is 0 Å². The lowest BCUT2D eigenvalue weighted by Gasteiger charge is -2.33. The van der Waals surface area contributed by atoms with Gasteiger partial charge in [0.15, 0.2) is 0 Å². The number of hydrogen-bond acceptors (Lipinski definition) is 3. The van der Waals surface area contributed by atoms with Crippen molar-refractivity contribution in [1.29, 1.82) is 0 Å². The number of thioether (sulfide) groups is 1. The maximum Gasteiger partial charge on any atom is 0.327 e. The maximum absolute atomic E-state index is 11.8. The molecule has 1 N–H and O–H groups in total. The first kappa shape index (κ1) is 12.4. The summed E-state index contributed by atoms with van der Waals surface area (Å²) in [5.41, 5.74) is 0. The zero-order chi connectivity index (χ0) is 11.4. The van der Waals surface area contributed by atoms with Crippen LogP contribution in [0.25, 0.3) is 0 Å². The standard InChI is InChI=1S/C10H17NO3S/c1-7(2)5-9(12)11-3-4-15-6-8(11)10(13)14/h7-8H,3-6H2,1-2H3,(H,13,14). The molecule has 0 saturated carbocycles. The van der Waals surface area contributed by atoms with Crippen molar-refractivity contribution in [2.24, 2.45) is 5.92 Å². The monoisotopic (exact) mass is 231 g/mol. The van der Waals surface area contributed by atoms with Crippen molar-refractivity contribution in [1.82, 2.24) is 4.90 Å². The fourth-order valence-corrected chi connectivity index (χ4v) is 2.61. The number of carboxylic acid groups (broad SMARTS) is 1. The molecule has 4 nitrogen and oxygen atoms in total. The van der Waals surface area contributed by atoms with Gasteiger partial charge in [0.25, 0.3) is 0 Å². The van der Waals surface area contributed by atoms with Gasteiger partial charge in [-0.25, -0.2) is 4.79 Å². The van der Waals surface area contributed by atoms with Crippen molar-refractivity contribution in [3.8, 4) is 0 Å². The molecule has 1 amide bonds. The van der Waals surface area contributed by atoms with E-state index in [1.165, 1.54) is 4.90 Å². The third-order valence-corrected chi connectivity index (χ3v) is 3.34. The van der Waals surface area contributed by atoms with Crippen LogP contribution < -0.4 is 0 Å². The lowest BCUT2D eigenvalue weighted by molar-refractivity contribution is -0.149. The molecule has 0 radical (unpaired) electrons. The van der Waals surface area contributed by atoms with Gasteiger partial charge in [0.05, 0.1) is 0 Å². The number of rotatable bonds is 3. The highest BCUT2D eigenvalue weighted by Crippen LogP contribution is 2.18. The Morgan fingerprint density at radius 2 is 2.20 bits per heavy atom. The predicted octanol–water partition coefficient (Wildman–Crippen LogP) is 1.06. The molecule has 1 saturated heterocycles. The summed E-state index contributed by atoms with van der Waals surface area (Å²) in [6.07, 6.45) is 0.439. The average Bonchev–Trinajstić information content (AvgIpc) is 2.16. The third-order valence-electron chi connectivity index (χ3n) is 2.32. The minimum Gasteiger partial charge on any atom is -0.480 e. The lowest BCUT2D eigenvalue weighted by atomic mass is 10.1. The summed E-state index contributed by atoms with van der Waals surface area (Å²) in [7, 11) is 0. The van der Waals surface area contributed by atoms with E-state index in [-0.39, 0.29) is 11.8 Å². The molecule has 0 aromatic carbocycles. The van der Waals surface area contributed by atoms with Crippen LogP contribution in [0, 0.1) is 5.92 Å². The van der Waals surface area contributed by atoms with Crippen LogP contribution in [0.2, 0.25) is 0 Å². The topological polar surface area (TPSA) is 57.6 Å². The molecule has 5 heteroatoms.